The van der Waals surface area contributed by atoms with Gasteiger partial charge >= 0.3 is 0 Å². The van der Waals surface area contributed by atoms with E-state index in [-0.39, 0.29) is 0 Å². The van der Waals surface area contributed by atoms with Crippen molar-refractivity contribution in [2.75, 3.05) is 26.2 Å². The summed E-state index contributed by atoms with van der Waals surface area (Å²) in [5, 5.41) is 17.9. The van der Waals surface area contributed by atoms with Crippen molar-refractivity contribution in [2.45, 2.75) is 26.5 Å². The second kappa shape index (κ2) is 10.2. The Bertz CT molecular complexity index is 1590. The number of imidazole rings is 1. The molecule has 1 unspecified atom stereocenters. The summed E-state index contributed by atoms with van der Waals surface area (Å²) in [6, 6.07) is 16.4. The third-order valence-corrected chi connectivity index (χ3v) is 8.21. The van der Waals surface area contributed by atoms with E-state index in [4.69, 9.17) is 4.98 Å². The zero-order valence-corrected chi connectivity index (χ0v) is 22.0. The number of hydrogen-bond acceptors (Lipinski definition) is 6. The summed E-state index contributed by atoms with van der Waals surface area (Å²) < 4.78 is 2.23. The van der Waals surface area contributed by atoms with Crippen LogP contribution in [-0.4, -0.2) is 50.6 Å². The molecule has 0 saturated carbocycles. The number of rotatable bonds is 6. The molecule has 1 fully saturated rings. The molecule has 0 amide bonds. The topological polar surface area (TPSA) is 65.7 Å². The molecule has 1 aliphatic heterocycles. The molecule has 0 bridgehead atoms. The maximum absolute atomic E-state index is 11.2. The van der Waals surface area contributed by atoms with E-state index in [0.717, 1.165) is 82.1 Å². The largest absolute Gasteiger partial charge is 0.384 e. The zero-order chi connectivity index (χ0) is 25.4. The molecule has 4 heterocycles. The Balaban J connectivity index is 1.31. The molecule has 0 aliphatic carbocycles. The van der Waals surface area contributed by atoms with Gasteiger partial charge in [0, 0.05) is 72.7 Å². The van der Waals surface area contributed by atoms with E-state index in [9.17, 15) is 5.11 Å². The number of pyridine rings is 1. The molecule has 6 nitrogen and oxygen atoms in total. The maximum Gasteiger partial charge on any atom is 0.194 e. The monoisotopic (exact) mass is 509 g/mol. The third kappa shape index (κ3) is 4.71. The minimum Gasteiger partial charge on any atom is -0.384 e. The number of piperazine rings is 1. The van der Waals surface area contributed by atoms with Gasteiger partial charge in [-0.25, -0.2) is 4.98 Å². The van der Waals surface area contributed by atoms with Gasteiger partial charge in [-0.2, -0.15) is 0 Å². The van der Waals surface area contributed by atoms with Gasteiger partial charge in [0.25, 0.3) is 0 Å². The van der Waals surface area contributed by atoms with E-state index in [1.54, 1.807) is 17.5 Å². The van der Waals surface area contributed by atoms with Gasteiger partial charge in [0.05, 0.1) is 17.3 Å². The summed E-state index contributed by atoms with van der Waals surface area (Å²) in [5.41, 5.74) is 8.21. The molecule has 6 rings (SSSR count). The van der Waals surface area contributed by atoms with Gasteiger partial charge in [-0.1, -0.05) is 42.5 Å². The van der Waals surface area contributed by atoms with Gasteiger partial charge in [-0.15, -0.1) is 11.3 Å². The lowest BCUT2D eigenvalue weighted by Gasteiger charge is -2.26. The Hall–Kier alpha value is -3.36. The normalized spacial score (nSPS) is 16.0. The number of aromatic nitrogens is 3. The summed E-state index contributed by atoms with van der Waals surface area (Å²) in [7, 11) is 0. The number of benzene rings is 2. The summed E-state index contributed by atoms with van der Waals surface area (Å²) >= 11 is 1.69. The second-order valence-corrected chi connectivity index (χ2v) is 10.6. The van der Waals surface area contributed by atoms with Crippen molar-refractivity contribution in [3.63, 3.8) is 0 Å². The summed E-state index contributed by atoms with van der Waals surface area (Å²) in [6.07, 6.45) is 5.12. The van der Waals surface area contributed by atoms with Gasteiger partial charge in [-0.3, -0.25) is 14.3 Å². The van der Waals surface area contributed by atoms with E-state index in [0.29, 0.717) is 0 Å². The Kier molecular flexibility index (Phi) is 6.61. The van der Waals surface area contributed by atoms with Crippen molar-refractivity contribution in [1.82, 2.24) is 24.6 Å². The molecule has 5 aromatic rings. The average molecular weight is 510 g/mol. The number of aryl methyl sites for hydroxylation is 1. The molecule has 2 N–H and O–H groups in total. The van der Waals surface area contributed by atoms with Crippen LogP contribution in [0.2, 0.25) is 0 Å². The first-order chi connectivity index (χ1) is 18.1. The SMILES string of the molecule is CC(=CC(O)c1cnc2ccccc2c1C)c1ccccc1-c1cn2c(CN3CCNCC3)csc2n1. The van der Waals surface area contributed by atoms with Gasteiger partial charge in [0.15, 0.2) is 4.96 Å². The first-order valence-electron chi connectivity index (χ1n) is 12.8. The Labute approximate surface area is 220 Å². The van der Waals surface area contributed by atoms with Crippen LogP contribution in [0.4, 0.5) is 0 Å². The number of aliphatic hydroxyl groups excluding tert-OH is 1. The minimum absolute atomic E-state index is 0.749. The van der Waals surface area contributed by atoms with Crippen LogP contribution < -0.4 is 5.32 Å². The Morgan fingerprint density at radius 2 is 1.92 bits per heavy atom. The van der Waals surface area contributed by atoms with E-state index in [2.05, 4.69) is 69.3 Å². The van der Waals surface area contributed by atoms with Crippen LogP contribution in [0.1, 0.15) is 35.4 Å². The summed E-state index contributed by atoms with van der Waals surface area (Å²) in [6.45, 7) is 9.27. The van der Waals surface area contributed by atoms with Gasteiger partial charge in [0.2, 0.25) is 0 Å². The molecule has 7 heteroatoms. The molecule has 1 atom stereocenters. The number of para-hydroxylation sites is 1. The fourth-order valence-corrected chi connectivity index (χ4v) is 6.10. The fourth-order valence-electron chi connectivity index (χ4n) is 5.23. The molecule has 37 heavy (non-hydrogen) atoms. The minimum atomic E-state index is -0.749. The lowest BCUT2D eigenvalue weighted by molar-refractivity contribution is 0.228. The van der Waals surface area contributed by atoms with Crippen molar-refractivity contribution in [3.05, 3.63) is 94.8 Å². The highest BCUT2D eigenvalue weighted by atomic mass is 32.1. The van der Waals surface area contributed by atoms with E-state index in [1.165, 1.54) is 5.69 Å². The summed E-state index contributed by atoms with van der Waals surface area (Å²) in [5.74, 6) is 0. The van der Waals surface area contributed by atoms with Crippen molar-refractivity contribution in [2.24, 2.45) is 0 Å². The lowest BCUT2D eigenvalue weighted by atomic mass is 9.95. The van der Waals surface area contributed by atoms with Crippen molar-refractivity contribution < 1.29 is 5.11 Å². The average Bonchev–Trinajstić information content (AvgIpc) is 3.51. The smallest absolute Gasteiger partial charge is 0.194 e. The van der Waals surface area contributed by atoms with E-state index >= 15 is 0 Å². The predicted molar refractivity (Wildman–Crippen MR) is 152 cm³/mol. The molecule has 0 radical (unpaired) electrons. The maximum atomic E-state index is 11.2. The van der Waals surface area contributed by atoms with Crippen molar-refractivity contribution in [3.8, 4) is 11.3 Å². The second-order valence-electron chi connectivity index (χ2n) is 9.73. The fraction of sp³-hybridized carbons (Fsp3) is 0.267. The predicted octanol–water partition coefficient (Wildman–Crippen LogP) is 5.46. The van der Waals surface area contributed by atoms with Crippen LogP contribution in [0.25, 0.3) is 32.7 Å². The molecule has 1 saturated heterocycles. The first kappa shape index (κ1) is 24.0. The number of aliphatic hydroxyl groups is 1. The number of hydrogen-bond donors (Lipinski definition) is 2. The van der Waals surface area contributed by atoms with Crippen LogP contribution in [0, 0.1) is 6.92 Å². The molecule has 1 aliphatic rings. The van der Waals surface area contributed by atoms with Gasteiger partial charge < -0.3 is 10.4 Å². The standard InChI is InChI=1S/C30H31N5OS/c1-20(15-29(36)26-16-32-27-10-6-5-8-24(27)21(26)2)23-7-3-4-9-25(23)28-18-35-22(19-37-30(35)33-28)17-34-13-11-31-12-14-34/h3-10,15-16,18-19,29,31,36H,11-14,17H2,1-2H3. The zero-order valence-electron chi connectivity index (χ0n) is 21.2. The molecule has 2 aromatic carbocycles. The highest BCUT2D eigenvalue weighted by Crippen LogP contribution is 2.33. The van der Waals surface area contributed by atoms with Gasteiger partial charge in [0.1, 0.15) is 0 Å². The molecular weight excluding hydrogens is 478 g/mol. The highest BCUT2D eigenvalue weighted by molar-refractivity contribution is 7.15. The van der Waals surface area contributed by atoms with Gasteiger partial charge in [-0.05, 0) is 42.7 Å². The number of allylic oxidation sites excluding steroid dienone is 1. The third-order valence-electron chi connectivity index (χ3n) is 7.32. The Morgan fingerprint density at radius 1 is 1.14 bits per heavy atom. The number of fused-ring (bicyclic) bond motifs is 2. The lowest BCUT2D eigenvalue weighted by Crippen LogP contribution is -2.43. The summed E-state index contributed by atoms with van der Waals surface area (Å²) in [4.78, 5) is 13.0. The molecular formula is C30H31N5OS. The number of nitrogens with one attached hydrogen (secondary N) is 1. The van der Waals surface area contributed by atoms with Crippen molar-refractivity contribution >= 4 is 32.8 Å². The first-order valence-corrected chi connectivity index (χ1v) is 13.7. The quantitative estimate of drug-likeness (QED) is 0.318. The highest BCUT2D eigenvalue weighted by Gasteiger charge is 2.17. The molecule has 3 aromatic heterocycles. The Morgan fingerprint density at radius 3 is 2.78 bits per heavy atom. The number of thiazole rings is 1. The van der Waals surface area contributed by atoms with Crippen molar-refractivity contribution in [1.29, 1.82) is 0 Å². The van der Waals surface area contributed by atoms with Crippen LogP contribution >= 0.6 is 11.3 Å². The number of nitrogens with zero attached hydrogens (tertiary/aromatic N) is 4. The molecule has 188 valence electrons. The van der Waals surface area contributed by atoms with E-state index < -0.39 is 6.10 Å². The van der Waals surface area contributed by atoms with E-state index in [1.807, 2.05) is 30.3 Å². The van der Waals surface area contributed by atoms with Crippen LogP contribution in [-0.2, 0) is 6.54 Å². The molecule has 0 spiro atoms. The van der Waals surface area contributed by atoms with Crippen LogP contribution in [0.5, 0.6) is 0 Å². The van der Waals surface area contributed by atoms with Crippen LogP contribution in [0.15, 0.2) is 72.4 Å². The van der Waals surface area contributed by atoms with Crippen LogP contribution in [0.3, 0.4) is 0 Å².